The van der Waals surface area contributed by atoms with Gasteiger partial charge in [-0.1, -0.05) is 50.6 Å². The SMILES string of the molecule is CCC1=CCC(C)(C)c2cc(Nc3ccc(C)cc3)ccc21. The summed E-state index contributed by atoms with van der Waals surface area (Å²) in [7, 11) is 0. The largest absolute Gasteiger partial charge is 0.356 e. The summed E-state index contributed by atoms with van der Waals surface area (Å²) in [6.07, 6.45) is 4.64. The average Bonchev–Trinajstić information content (AvgIpc) is 2.50. The zero-order valence-electron chi connectivity index (χ0n) is 14.0. The maximum Gasteiger partial charge on any atom is 0.0387 e. The smallest absolute Gasteiger partial charge is 0.0387 e. The topological polar surface area (TPSA) is 12.0 Å². The normalized spacial score (nSPS) is 15.9. The van der Waals surface area contributed by atoms with Gasteiger partial charge >= 0.3 is 0 Å². The van der Waals surface area contributed by atoms with E-state index in [2.05, 4.69) is 81.6 Å². The lowest BCUT2D eigenvalue weighted by atomic mass is 9.73. The van der Waals surface area contributed by atoms with Crippen molar-refractivity contribution in [2.75, 3.05) is 5.32 Å². The Kier molecular flexibility index (Phi) is 3.82. The van der Waals surface area contributed by atoms with Crippen LogP contribution in [0.3, 0.4) is 0 Å². The van der Waals surface area contributed by atoms with Crippen LogP contribution >= 0.6 is 0 Å². The Morgan fingerprint density at radius 3 is 2.36 bits per heavy atom. The molecule has 0 unspecified atom stereocenters. The fourth-order valence-corrected chi connectivity index (χ4v) is 3.20. The van der Waals surface area contributed by atoms with Crippen LogP contribution < -0.4 is 5.32 Å². The molecule has 0 saturated heterocycles. The number of nitrogens with one attached hydrogen (secondary N) is 1. The number of hydrogen-bond donors (Lipinski definition) is 1. The van der Waals surface area contributed by atoms with Gasteiger partial charge < -0.3 is 5.32 Å². The van der Waals surface area contributed by atoms with Gasteiger partial charge in [-0.05, 0) is 66.1 Å². The highest BCUT2D eigenvalue weighted by Gasteiger charge is 2.27. The Hall–Kier alpha value is -2.02. The molecule has 0 aliphatic heterocycles. The Bertz CT molecular complexity index is 705. The van der Waals surface area contributed by atoms with Gasteiger partial charge in [0.15, 0.2) is 0 Å². The monoisotopic (exact) mass is 291 g/mol. The van der Waals surface area contributed by atoms with Gasteiger partial charge in [0.2, 0.25) is 0 Å². The first-order chi connectivity index (χ1) is 10.5. The number of rotatable bonds is 3. The van der Waals surface area contributed by atoms with Crippen LogP contribution in [0, 0.1) is 6.92 Å². The molecule has 0 amide bonds. The van der Waals surface area contributed by atoms with Gasteiger partial charge in [-0.3, -0.25) is 0 Å². The summed E-state index contributed by atoms with van der Waals surface area (Å²) in [5, 5.41) is 3.53. The highest BCUT2D eigenvalue weighted by molar-refractivity contribution is 5.75. The van der Waals surface area contributed by atoms with Crippen LogP contribution in [-0.4, -0.2) is 0 Å². The summed E-state index contributed by atoms with van der Waals surface area (Å²) in [6, 6.07) is 15.4. The standard InChI is InChI=1S/C21H25N/c1-5-16-12-13-21(3,4)20-14-18(10-11-19(16)20)22-17-8-6-15(2)7-9-17/h6-12,14,22H,5,13H2,1-4H3. The molecule has 0 heterocycles. The molecule has 1 aliphatic carbocycles. The summed E-state index contributed by atoms with van der Waals surface area (Å²) in [5.74, 6) is 0. The number of fused-ring (bicyclic) bond motifs is 1. The van der Waals surface area contributed by atoms with Crippen LogP contribution in [0.1, 0.15) is 50.3 Å². The molecule has 0 aromatic heterocycles. The minimum absolute atomic E-state index is 0.207. The van der Waals surface area contributed by atoms with Crippen molar-refractivity contribution in [3.05, 3.63) is 65.2 Å². The van der Waals surface area contributed by atoms with E-state index in [0.29, 0.717) is 0 Å². The summed E-state index contributed by atoms with van der Waals surface area (Å²) < 4.78 is 0. The molecule has 2 aromatic carbocycles. The van der Waals surface area contributed by atoms with Crippen LogP contribution in [0.4, 0.5) is 11.4 Å². The molecule has 0 bridgehead atoms. The quantitative estimate of drug-likeness (QED) is 0.708. The summed E-state index contributed by atoms with van der Waals surface area (Å²) >= 11 is 0. The van der Waals surface area contributed by atoms with E-state index in [9.17, 15) is 0 Å². The molecule has 0 fully saturated rings. The first kappa shape index (κ1) is 14.9. The van der Waals surface area contributed by atoms with Crippen molar-refractivity contribution in [3.63, 3.8) is 0 Å². The van der Waals surface area contributed by atoms with Crippen LogP contribution in [0.15, 0.2) is 48.5 Å². The zero-order valence-corrected chi connectivity index (χ0v) is 14.0. The van der Waals surface area contributed by atoms with Crippen LogP contribution in [0.2, 0.25) is 0 Å². The third kappa shape index (κ3) is 2.81. The van der Waals surface area contributed by atoms with Crippen molar-refractivity contribution in [2.45, 2.75) is 46.0 Å². The molecule has 1 nitrogen and oxygen atoms in total. The van der Waals surface area contributed by atoms with Crippen molar-refractivity contribution >= 4 is 16.9 Å². The third-order valence-corrected chi connectivity index (χ3v) is 4.67. The van der Waals surface area contributed by atoms with Gasteiger partial charge in [-0.15, -0.1) is 0 Å². The van der Waals surface area contributed by atoms with Crippen molar-refractivity contribution in [2.24, 2.45) is 0 Å². The second kappa shape index (κ2) is 5.64. The second-order valence-electron chi connectivity index (χ2n) is 6.92. The number of anilines is 2. The van der Waals surface area contributed by atoms with Crippen molar-refractivity contribution < 1.29 is 0 Å². The maximum absolute atomic E-state index is 3.53. The Balaban J connectivity index is 1.96. The van der Waals surface area contributed by atoms with E-state index in [1.54, 1.807) is 0 Å². The van der Waals surface area contributed by atoms with Crippen molar-refractivity contribution in [3.8, 4) is 0 Å². The minimum Gasteiger partial charge on any atom is -0.356 e. The van der Waals surface area contributed by atoms with E-state index in [4.69, 9.17) is 0 Å². The molecule has 1 aliphatic rings. The third-order valence-electron chi connectivity index (χ3n) is 4.67. The first-order valence-corrected chi connectivity index (χ1v) is 8.17. The molecule has 0 spiro atoms. The molecular formula is C21H25N. The average molecular weight is 291 g/mol. The van der Waals surface area contributed by atoms with E-state index in [1.165, 1.54) is 28.0 Å². The Morgan fingerprint density at radius 1 is 1.00 bits per heavy atom. The molecule has 0 atom stereocenters. The van der Waals surface area contributed by atoms with E-state index >= 15 is 0 Å². The zero-order chi connectivity index (χ0) is 15.7. The predicted octanol–water partition coefficient (Wildman–Crippen LogP) is 6.21. The number of allylic oxidation sites excluding steroid dienone is 2. The van der Waals surface area contributed by atoms with Gasteiger partial charge in [0.25, 0.3) is 0 Å². The summed E-state index contributed by atoms with van der Waals surface area (Å²) in [4.78, 5) is 0. The predicted molar refractivity (Wildman–Crippen MR) is 96.8 cm³/mol. The van der Waals surface area contributed by atoms with Gasteiger partial charge in [0.05, 0.1) is 0 Å². The fraction of sp³-hybridized carbons (Fsp3) is 0.333. The molecule has 0 radical (unpaired) electrons. The molecule has 114 valence electrons. The Labute approximate surface area is 134 Å². The molecule has 22 heavy (non-hydrogen) atoms. The van der Waals surface area contributed by atoms with E-state index in [0.717, 1.165) is 18.5 Å². The number of hydrogen-bond acceptors (Lipinski definition) is 1. The lowest BCUT2D eigenvalue weighted by Gasteiger charge is -2.32. The highest BCUT2D eigenvalue weighted by atomic mass is 14.9. The Morgan fingerprint density at radius 2 is 1.68 bits per heavy atom. The molecule has 1 heteroatoms. The summed E-state index contributed by atoms with van der Waals surface area (Å²) in [5.41, 5.74) is 8.18. The molecule has 1 N–H and O–H groups in total. The maximum atomic E-state index is 3.53. The summed E-state index contributed by atoms with van der Waals surface area (Å²) in [6.45, 7) is 9.03. The molecule has 2 aromatic rings. The fourth-order valence-electron chi connectivity index (χ4n) is 3.20. The van der Waals surface area contributed by atoms with Crippen LogP contribution in [-0.2, 0) is 5.41 Å². The van der Waals surface area contributed by atoms with Crippen molar-refractivity contribution in [1.29, 1.82) is 0 Å². The highest BCUT2D eigenvalue weighted by Crippen LogP contribution is 2.41. The lowest BCUT2D eigenvalue weighted by molar-refractivity contribution is 0.526. The van der Waals surface area contributed by atoms with Gasteiger partial charge in [-0.2, -0.15) is 0 Å². The van der Waals surface area contributed by atoms with Gasteiger partial charge in [-0.25, -0.2) is 0 Å². The van der Waals surface area contributed by atoms with Crippen molar-refractivity contribution in [1.82, 2.24) is 0 Å². The van der Waals surface area contributed by atoms with E-state index in [1.807, 2.05) is 0 Å². The van der Waals surface area contributed by atoms with E-state index < -0.39 is 0 Å². The van der Waals surface area contributed by atoms with Crippen LogP contribution in [0.5, 0.6) is 0 Å². The second-order valence-corrected chi connectivity index (χ2v) is 6.92. The van der Waals surface area contributed by atoms with Gasteiger partial charge in [0.1, 0.15) is 0 Å². The van der Waals surface area contributed by atoms with Crippen LogP contribution in [0.25, 0.3) is 5.57 Å². The molecule has 3 rings (SSSR count). The first-order valence-electron chi connectivity index (χ1n) is 8.17. The molecule has 0 saturated carbocycles. The molecular weight excluding hydrogens is 266 g/mol. The number of aryl methyl sites for hydroxylation is 1. The van der Waals surface area contributed by atoms with Gasteiger partial charge in [0, 0.05) is 11.4 Å². The van der Waals surface area contributed by atoms with E-state index in [-0.39, 0.29) is 5.41 Å². The minimum atomic E-state index is 0.207. The number of benzene rings is 2. The lowest BCUT2D eigenvalue weighted by Crippen LogP contribution is -2.21.